The van der Waals surface area contributed by atoms with Crippen LogP contribution in [-0.4, -0.2) is 31.7 Å². The first-order valence-corrected chi connectivity index (χ1v) is 5.92. The first-order chi connectivity index (χ1) is 9.47. The number of carbonyl (C=O) groups excluding carboxylic acids is 2. The molecular weight excluding hydrogens is 264 g/mol. The van der Waals surface area contributed by atoms with Gasteiger partial charge in [-0.3, -0.25) is 14.3 Å². The van der Waals surface area contributed by atoms with E-state index in [0.29, 0.717) is 5.56 Å². The van der Waals surface area contributed by atoms with Crippen molar-refractivity contribution >= 4 is 11.8 Å². The Labute approximate surface area is 114 Å². The van der Waals surface area contributed by atoms with Crippen molar-refractivity contribution in [3.63, 3.8) is 0 Å². The lowest BCUT2D eigenvalue weighted by Gasteiger charge is -2.03. The predicted molar refractivity (Wildman–Crippen MR) is 66.6 cm³/mol. The Morgan fingerprint density at radius 3 is 2.80 bits per heavy atom. The molecule has 0 bridgehead atoms. The van der Waals surface area contributed by atoms with Crippen LogP contribution in [0.4, 0.5) is 0 Å². The SMILES string of the molecule is CC(C)n1cc(C(=O)NCc2noc(C(N)=O)n2)cn1. The number of primary amides is 1. The van der Waals surface area contributed by atoms with Gasteiger partial charge in [0.05, 0.1) is 18.3 Å². The third kappa shape index (κ3) is 2.99. The smallest absolute Gasteiger partial charge is 0.315 e. The molecule has 0 saturated heterocycles. The number of rotatable bonds is 5. The summed E-state index contributed by atoms with van der Waals surface area (Å²) in [6.07, 6.45) is 3.12. The summed E-state index contributed by atoms with van der Waals surface area (Å²) >= 11 is 0. The van der Waals surface area contributed by atoms with Gasteiger partial charge >= 0.3 is 11.8 Å². The topological polar surface area (TPSA) is 129 Å². The molecule has 2 rings (SSSR count). The van der Waals surface area contributed by atoms with Gasteiger partial charge in [0.1, 0.15) is 0 Å². The van der Waals surface area contributed by atoms with E-state index in [2.05, 4.69) is 25.1 Å². The summed E-state index contributed by atoms with van der Waals surface area (Å²) in [5.41, 5.74) is 5.40. The van der Waals surface area contributed by atoms with Crippen LogP contribution in [0.25, 0.3) is 0 Å². The molecule has 0 atom stereocenters. The highest BCUT2D eigenvalue weighted by Crippen LogP contribution is 2.05. The third-order valence-corrected chi connectivity index (χ3v) is 2.48. The summed E-state index contributed by atoms with van der Waals surface area (Å²) in [5.74, 6) is -1.25. The Hall–Kier alpha value is -2.71. The maximum atomic E-state index is 11.9. The van der Waals surface area contributed by atoms with E-state index in [-0.39, 0.29) is 30.2 Å². The number of nitrogens with one attached hydrogen (secondary N) is 1. The standard InChI is InChI=1S/C11H14N6O3/c1-6(2)17-5-7(3-14-17)10(19)13-4-8-15-11(9(12)18)20-16-8/h3,5-6H,4H2,1-2H3,(H2,12,18)(H,13,19). The zero-order valence-corrected chi connectivity index (χ0v) is 11.0. The molecule has 0 aromatic carbocycles. The molecule has 9 heteroatoms. The molecule has 2 aromatic heterocycles. The van der Waals surface area contributed by atoms with Crippen LogP contribution in [0.3, 0.4) is 0 Å². The van der Waals surface area contributed by atoms with Crippen LogP contribution in [0, 0.1) is 0 Å². The second kappa shape index (κ2) is 5.51. The minimum Gasteiger partial charge on any atom is -0.361 e. The second-order valence-corrected chi connectivity index (χ2v) is 4.37. The highest BCUT2D eigenvalue weighted by Gasteiger charge is 2.14. The van der Waals surface area contributed by atoms with Gasteiger partial charge in [0.2, 0.25) is 0 Å². The van der Waals surface area contributed by atoms with Gasteiger partial charge in [-0.2, -0.15) is 10.1 Å². The van der Waals surface area contributed by atoms with Crippen LogP contribution in [0.1, 0.15) is 46.8 Å². The van der Waals surface area contributed by atoms with Crippen molar-refractivity contribution in [3.05, 3.63) is 29.7 Å². The summed E-state index contributed by atoms with van der Waals surface area (Å²) in [6, 6.07) is 0.173. The molecule has 20 heavy (non-hydrogen) atoms. The molecule has 9 nitrogen and oxygen atoms in total. The summed E-state index contributed by atoms with van der Waals surface area (Å²) in [5, 5.41) is 10.2. The molecule has 0 saturated carbocycles. The first-order valence-electron chi connectivity index (χ1n) is 5.92. The molecular formula is C11H14N6O3. The van der Waals surface area contributed by atoms with Gasteiger partial charge in [0.15, 0.2) is 5.82 Å². The van der Waals surface area contributed by atoms with Crippen LogP contribution in [0.2, 0.25) is 0 Å². The quantitative estimate of drug-likeness (QED) is 0.784. The molecule has 0 aliphatic rings. The Morgan fingerprint density at radius 1 is 1.50 bits per heavy atom. The zero-order chi connectivity index (χ0) is 14.7. The van der Waals surface area contributed by atoms with Gasteiger partial charge in [-0.1, -0.05) is 5.16 Å². The lowest BCUT2D eigenvalue weighted by Crippen LogP contribution is -2.23. The number of carbonyl (C=O) groups is 2. The van der Waals surface area contributed by atoms with E-state index >= 15 is 0 Å². The number of nitrogens with zero attached hydrogens (tertiary/aromatic N) is 4. The molecule has 2 aromatic rings. The van der Waals surface area contributed by atoms with E-state index in [1.165, 1.54) is 6.20 Å². The van der Waals surface area contributed by atoms with Crippen LogP contribution < -0.4 is 11.1 Å². The van der Waals surface area contributed by atoms with Crippen molar-refractivity contribution in [3.8, 4) is 0 Å². The van der Waals surface area contributed by atoms with Gasteiger partial charge in [-0.25, -0.2) is 0 Å². The maximum absolute atomic E-state index is 11.9. The van der Waals surface area contributed by atoms with Gasteiger partial charge < -0.3 is 15.6 Å². The Bertz CT molecular complexity index is 630. The molecule has 2 amide bonds. The van der Waals surface area contributed by atoms with Crippen LogP contribution >= 0.6 is 0 Å². The molecule has 106 valence electrons. The van der Waals surface area contributed by atoms with E-state index < -0.39 is 5.91 Å². The average Bonchev–Trinajstić information content (AvgIpc) is 3.05. The van der Waals surface area contributed by atoms with Crippen molar-refractivity contribution < 1.29 is 14.1 Å². The molecule has 0 aliphatic heterocycles. The average molecular weight is 278 g/mol. The Kier molecular flexibility index (Phi) is 3.78. The fourth-order valence-electron chi connectivity index (χ4n) is 1.42. The van der Waals surface area contributed by atoms with Gasteiger partial charge in [-0.15, -0.1) is 0 Å². The van der Waals surface area contributed by atoms with Crippen molar-refractivity contribution in [2.45, 2.75) is 26.4 Å². The zero-order valence-electron chi connectivity index (χ0n) is 11.0. The molecule has 0 aliphatic carbocycles. The van der Waals surface area contributed by atoms with E-state index in [9.17, 15) is 9.59 Å². The lowest BCUT2D eigenvalue weighted by molar-refractivity contribution is 0.0944. The van der Waals surface area contributed by atoms with E-state index in [1.807, 2.05) is 13.8 Å². The summed E-state index contributed by atoms with van der Waals surface area (Å²) in [7, 11) is 0. The monoisotopic (exact) mass is 278 g/mol. The third-order valence-electron chi connectivity index (χ3n) is 2.48. The summed E-state index contributed by atoms with van der Waals surface area (Å²) in [6.45, 7) is 3.95. The van der Waals surface area contributed by atoms with Crippen molar-refractivity contribution in [1.82, 2.24) is 25.2 Å². The number of aromatic nitrogens is 4. The number of amides is 2. The van der Waals surface area contributed by atoms with Crippen LogP contribution in [0.5, 0.6) is 0 Å². The van der Waals surface area contributed by atoms with Crippen LogP contribution in [0.15, 0.2) is 16.9 Å². The fraction of sp³-hybridized carbons (Fsp3) is 0.364. The van der Waals surface area contributed by atoms with Crippen LogP contribution in [-0.2, 0) is 6.54 Å². The largest absolute Gasteiger partial charge is 0.361 e. The van der Waals surface area contributed by atoms with Gasteiger partial charge in [0, 0.05) is 12.2 Å². The number of hydrogen-bond donors (Lipinski definition) is 2. The minimum absolute atomic E-state index is 0.0302. The van der Waals surface area contributed by atoms with Crippen molar-refractivity contribution in [1.29, 1.82) is 0 Å². The predicted octanol–water partition coefficient (Wildman–Crippen LogP) is -0.124. The van der Waals surface area contributed by atoms with Crippen molar-refractivity contribution in [2.75, 3.05) is 0 Å². The molecule has 2 heterocycles. The molecule has 3 N–H and O–H groups in total. The van der Waals surface area contributed by atoms with E-state index in [1.54, 1.807) is 10.9 Å². The normalized spacial score (nSPS) is 10.8. The maximum Gasteiger partial charge on any atom is 0.315 e. The first kappa shape index (κ1) is 13.7. The summed E-state index contributed by atoms with van der Waals surface area (Å²) < 4.78 is 6.27. The molecule has 0 radical (unpaired) electrons. The molecule has 0 unspecified atom stereocenters. The Balaban J connectivity index is 1.95. The van der Waals surface area contributed by atoms with E-state index in [0.717, 1.165) is 0 Å². The molecule has 0 spiro atoms. The second-order valence-electron chi connectivity index (χ2n) is 4.37. The fourth-order valence-corrected chi connectivity index (χ4v) is 1.42. The lowest BCUT2D eigenvalue weighted by atomic mass is 10.3. The highest BCUT2D eigenvalue weighted by atomic mass is 16.5. The van der Waals surface area contributed by atoms with Gasteiger partial charge in [-0.05, 0) is 13.8 Å². The van der Waals surface area contributed by atoms with E-state index in [4.69, 9.17) is 5.73 Å². The summed E-state index contributed by atoms with van der Waals surface area (Å²) in [4.78, 5) is 26.3. The number of hydrogen-bond acceptors (Lipinski definition) is 6. The van der Waals surface area contributed by atoms with Gasteiger partial charge in [0.25, 0.3) is 5.91 Å². The molecule has 0 fully saturated rings. The minimum atomic E-state index is -0.812. The highest BCUT2D eigenvalue weighted by molar-refractivity contribution is 5.93. The van der Waals surface area contributed by atoms with Crippen molar-refractivity contribution in [2.24, 2.45) is 5.73 Å². The number of nitrogens with two attached hydrogens (primary N) is 1. The Morgan fingerprint density at radius 2 is 2.25 bits per heavy atom.